The summed E-state index contributed by atoms with van der Waals surface area (Å²) < 4.78 is 5.10. The highest BCUT2D eigenvalue weighted by Gasteiger charge is 2.28. The lowest BCUT2D eigenvalue weighted by Crippen LogP contribution is -2.30. The number of rotatable bonds is 5. The fourth-order valence-corrected chi connectivity index (χ4v) is 2.55. The maximum Gasteiger partial charge on any atom is 0.0476 e. The molecule has 3 N–H and O–H groups in total. The second-order valence-corrected chi connectivity index (χ2v) is 4.87. The van der Waals surface area contributed by atoms with Gasteiger partial charge in [-0.2, -0.15) is 0 Å². The lowest BCUT2D eigenvalue weighted by molar-refractivity contribution is 0.182. The molecular weight excluding hydrogens is 212 g/mol. The summed E-state index contributed by atoms with van der Waals surface area (Å²) in [7, 11) is 1.74. The van der Waals surface area contributed by atoms with Gasteiger partial charge in [-0.1, -0.05) is 24.3 Å². The van der Waals surface area contributed by atoms with E-state index in [0.717, 1.165) is 19.4 Å². The number of benzene rings is 1. The molecule has 0 radical (unpaired) electrons. The molecule has 3 heteroatoms. The van der Waals surface area contributed by atoms with Crippen molar-refractivity contribution in [2.24, 2.45) is 5.73 Å². The van der Waals surface area contributed by atoms with Crippen molar-refractivity contribution < 1.29 is 4.74 Å². The molecule has 1 aromatic carbocycles. The average Bonchev–Trinajstić information content (AvgIpc) is 2.65. The lowest BCUT2D eigenvalue weighted by atomic mass is 10.1. The summed E-state index contributed by atoms with van der Waals surface area (Å²) in [6, 6.07) is 9.51. The Morgan fingerprint density at radius 3 is 2.82 bits per heavy atom. The van der Waals surface area contributed by atoms with Gasteiger partial charge < -0.3 is 15.8 Å². The van der Waals surface area contributed by atoms with Crippen LogP contribution >= 0.6 is 0 Å². The molecule has 0 aliphatic heterocycles. The van der Waals surface area contributed by atoms with Crippen LogP contribution in [0.3, 0.4) is 0 Å². The molecule has 17 heavy (non-hydrogen) atoms. The highest BCUT2D eigenvalue weighted by atomic mass is 16.5. The number of fused-ring (bicyclic) bond motifs is 1. The SMILES string of the molecule is COCCC(C)NC1CC(N)c2ccccc21. The van der Waals surface area contributed by atoms with Crippen LogP contribution in [0.1, 0.15) is 43.0 Å². The van der Waals surface area contributed by atoms with E-state index in [-0.39, 0.29) is 6.04 Å². The van der Waals surface area contributed by atoms with Gasteiger partial charge in [0.2, 0.25) is 0 Å². The Bertz CT molecular complexity index is 367. The largest absolute Gasteiger partial charge is 0.385 e. The van der Waals surface area contributed by atoms with Gasteiger partial charge >= 0.3 is 0 Å². The monoisotopic (exact) mass is 234 g/mol. The van der Waals surface area contributed by atoms with E-state index in [1.54, 1.807) is 7.11 Å². The molecule has 0 fully saturated rings. The summed E-state index contributed by atoms with van der Waals surface area (Å²) in [4.78, 5) is 0. The van der Waals surface area contributed by atoms with Crippen LogP contribution in [0.4, 0.5) is 0 Å². The summed E-state index contributed by atoms with van der Waals surface area (Å²) >= 11 is 0. The highest BCUT2D eigenvalue weighted by Crippen LogP contribution is 2.37. The Kier molecular flexibility index (Phi) is 4.15. The molecule has 0 heterocycles. The molecule has 0 spiro atoms. The Hall–Kier alpha value is -0.900. The fourth-order valence-electron chi connectivity index (χ4n) is 2.55. The Labute approximate surface area is 103 Å². The van der Waals surface area contributed by atoms with Gasteiger partial charge in [0.25, 0.3) is 0 Å². The second kappa shape index (κ2) is 5.63. The van der Waals surface area contributed by atoms with E-state index in [1.807, 2.05) is 0 Å². The molecule has 3 nitrogen and oxygen atoms in total. The molecule has 94 valence electrons. The van der Waals surface area contributed by atoms with Crippen LogP contribution < -0.4 is 11.1 Å². The number of hydrogen-bond donors (Lipinski definition) is 2. The zero-order valence-corrected chi connectivity index (χ0v) is 10.6. The first kappa shape index (κ1) is 12.6. The van der Waals surface area contributed by atoms with Gasteiger partial charge in [-0.25, -0.2) is 0 Å². The Morgan fingerprint density at radius 2 is 2.12 bits per heavy atom. The van der Waals surface area contributed by atoms with Crippen LogP contribution in [0, 0.1) is 0 Å². The third-order valence-electron chi connectivity index (χ3n) is 3.50. The van der Waals surface area contributed by atoms with E-state index in [9.17, 15) is 0 Å². The van der Waals surface area contributed by atoms with E-state index in [0.29, 0.717) is 12.1 Å². The van der Waals surface area contributed by atoms with Gasteiger partial charge in [0.15, 0.2) is 0 Å². The minimum Gasteiger partial charge on any atom is -0.385 e. The molecule has 1 aromatic rings. The maximum atomic E-state index is 6.15. The molecule has 3 unspecified atom stereocenters. The van der Waals surface area contributed by atoms with Crippen LogP contribution in [0.5, 0.6) is 0 Å². The van der Waals surface area contributed by atoms with Gasteiger partial charge in [-0.05, 0) is 30.9 Å². The second-order valence-electron chi connectivity index (χ2n) is 4.87. The number of nitrogens with two attached hydrogens (primary N) is 1. The molecule has 0 saturated carbocycles. The van der Waals surface area contributed by atoms with Crippen molar-refractivity contribution in [3.8, 4) is 0 Å². The van der Waals surface area contributed by atoms with Crippen LogP contribution in [0.2, 0.25) is 0 Å². The number of ether oxygens (including phenoxy) is 1. The molecule has 1 aliphatic carbocycles. The molecule has 0 saturated heterocycles. The fraction of sp³-hybridized carbons (Fsp3) is 0.571. The van der Waals surface area contributed by atoms with Crippen molar-refractivity contribution >= 4 is 0 Å². The minimum absolute atomic E-state index is 0.179. The number of hydrogen-bond acceptors (Lipinski definition) is 3. The van der Waals surface area contributed by atoms with E-state index in [4.69, 9.17) is 10.5 Å². The van der Waals surface area contributed by atoms with Crippen molar-refractivity contribution in [1.82, 2.24) is 5.32 Å². The van der Waals surface area contributed by atoms with Crippen molar-refractivity contribution in [1.29, 1.82) is 0 Å². The lowest BCUT2D eigenvalue weighted by Gasteiger charge is -2.20. The molecule has 0 bridgehead atoms. The molecular formula is C14H22N2O. The predicted molar refractivity (Wildman–Crippen MR) is 69.8 cm³/mol. The van der Waals surface area contributed by atoms with Gasteiger partial charge in [0.05, 0.1) is 0 Å². The molecule has 0 amide bonds. The van der Waals surface area contributed by atoms with Crippen molar-refractivity contribution in [2.75, 3.05) is 13.7 Å². The van der Waals surface area contributed by atoms with Crippen LogP contribution in [0.25, 0.3) is 0 Å². The van der Waals surface area contributed by atoms with Crippen LogP contribution in [-0.4, -0.2) is 19.8 Å². The van der Waals surface area contributed by atoms with Crippen molar-refractivity contribution in [3.05, 3.63) is 35.4 Å². The summed E-state index contributed by atoms with van der Waals surface area (Å²) in [5, 5.41) is 3.64. The Balaban J connectivity index is 2.00. The first-order chi connectivity index (χ1) is 8.22. The normalized spacial score (nSPS) is 24.6. The third-order valence-corrected chi connectivity index (χ3v) is 3.50. The number of nitrogens with one attached hydrogen (secondary N) is 1. The van der Waals surface area contributed by atoms with Crippen molar-refractivity contribution in [2.45, 2.75) is 37.9 Å². The molecule has 0 aromatic heterocycles. The summed E-state index contributed by atoms with van der Waals surface area (Å²) in [5.41, 5.74) is 8.81. The van der Waals surface area contributed by atoms with Gasteiger partial charge in [0.1, 0.15) is 0 Å². The quantitative estimate of drug-likeness (QED) is 0.820. The third kappa shape index (κ3) is 2.86. The first-order valence-corrected chi connectivity index (χ1v) is 6.31. The highest BCUT2D eigenvalue weighted by molar-refractivity contribution is 5.37. The van der Waals surface area contributed by atoms with Crippen molar-refractivity contribution in [3.63, 3.8) is 0 Å². The van der Waals surface area contributed by atoms with Crippen LogP contribution in [-0.2, 0) is 4.74 Å². The van der Waals surface area contributed by atoms with E-state index >= 15 is 0 Å². The summed E-state index contributed by atoms with van der Waals surface area (Å²) in [6.07, 6.45) is 2.03. The smallest absolute Gasteiger partial charge is 0.0476 e. The number of methoxy groups -OCH3 is 1. The van der Waals surface area contributed by atoms with E-state index in [2.05, 4.69) is 36.5 Å². The average molecular weight is 234 g/mol. The van der Waals surface area contributed by atoms with Gasteiger partial charge in [-0.15, -0.1) is 0 Å². The Morgan fingerprint density at radius 1 is 1.41 bits per heavy atom. The first-order valence-electron chi connectivity index (χ1n) is 6.31. The summed E-state index contributed by atoms with van der Waals surface area (Å²) in [5.74, 6) is 0. The van der Waals surface area contributed by atoms with Gasteiger partial charge in [0, 0.05) is 31.8 Å². The summed E-state index contributed by atoms with van der Waals surface area (Å²) in [6.45, 7) is 3.00. The maximum absolute atomic E-state index is 6.15. The van der Waals surface area contributed by atoms with Gasteiger partial charge in [-0.3, -0.25) is 0 Å². The minimum atomic E-state index is 0.179. The molecule has 3 atom stereocenters. The molecule has 1 aliphatic rings. The predicted octanol–water partition coefficient (Wildman–Crippen LogP) is 2.15. The topological polar surface area (TPSA) is 47.3 Å². The zero-order chi connectivity index (χ0) is 12.3. The standard InChI is InChI=1S/C14H22N2O/c1-10(7-8-17-2)16-14-9-13(15)11-5-3-4-6-12(11)14/h3-6,10,13-14,16H,7-9,15H2,1-2H3. The zero-order valence-electron chi connectivity index (χ0n) is 10.6. The van der Waals surface area contributed by atoms with E-state index < -0.39 is 0 Å². The van der Waals surface area contributed by atoms with E-state index in [1.165, 1.54) is 11.1 Å². The van der Waals surface area contributed by atoms with Crippen LogP contribution in [0.15, 0.2) is 24.3 Å². The molecule has 2 rings (SSSR count).